The molecule has 110 valence electrons. The monoisotopic (exact) mass is 330 g/mol. The minimum atomic E-state index is -2.48. The van der Waals surface area contributed by atoms with Gasteiger partial charge in [0.2, 0.25) is 0 Å². The van der Waals surface area contributed by atoms with Crippen LogP contribution in [0, 0.1) is 0 Å². The SMILES string of the molecule is CCCSP(=O)(OCC)SCCCS[C@@H](C)CC. The summed E-state index contributed by atoms with van der Waals surface area (Å²) < 4.78 is 17.9. The second-order valence-corrected chi connectivity index (χ2v) is 13.1. The molecule has 0 aromatic rings. The number of hydrogen-bond acceptors (Lipinski definition) is 5. The summed E-state index contributed by atoms with van der Waals surface area (Å²) in [6.07, 6.45) is 3.39. The van der Waals surface area contributed by atoms with Crippen LogP contribution in [0.2, 0.25) is 0 Å². The van der Waals surface area contributed by atoms with Crippen LogP contribution in [0.15, 0.2) is 0 Å². The molecule has 0 amide bonds. The first kappa shape index (κ1) is 19.2. The van der Waals surface area contributed by atoms with Crippen LogP contribution in [0.1, 0.15) is 47.0 Å². The van der Waals surface area contributed by atoms with Crippen LogP contribution in [-0.4, -0.2) is 29.1 Å². The van der Waals surface area contributed by atoms with Crippen molar-refractivity contribution in [2.24, 2.45) is 0 Å². The summed E-state index contributed by atoms with van der Waals surface area (Å²) in [7, 11) is 0. The topological polar surface area (TPSA) is 26.3 Å². The number of thioether (sulfide) groups is 1. The van der Waals surface area contributed by atoms with Crippen LogP contribution in [0.3, 0.4) is 0 Å². The normalized spacial score (nSPS) is 16.4. The smallest absolute Gasteiger partial charge is 0.313 e. The molecular weight excluding hydrogens is 303 g/mol. The van der Waals surface area contributed by atoms with E-state index in [0.717, 1.165) is 35.4 Å². The predicted molar refractivity (Wildman–Crippen MR) is 91.3 cm³/mol. The maximum absolute atomic E-state index is 12.4. The summed E-state index contributed by atoms with van der Waals surface area (Å²) in [5, 5.41) is 0.739. The van der Waals surface area contributed by atoms with Crippen molar-refractivity contribution >= 4 is 40.3 Å². The van der Waals surface area contributed by atoms with E-state index in [0.29, 0.717) is 6.61 Å². The third-order valence-corrected chi connectivity index (χ3v) is 11.5. The van der Waals surface area contributed by atoms with Crippen molar-refractivity contribution in [3.63, 3.8) is 0 Å². The first-order valence-corrected chi connectivity index (χ1v) is 12.6. The average Bonchev–Trinajstić information content (AvgIpc) is 2.36. The molecule has 0 fully saturated rings. The van der Waals surface area contributed by atoms with E-state index in [2.05, 4.69) is 20.8 Å². The van der Waals surface area contributed by atoms with E-state index in [-0.39, 0.29) is 0 Å². The largest absolute Gasteiger partial charge is 0.314 e. The zero-order chi connectivity index (χ0) is 13.9. The van der Waals surface area contributed by atoms with E-state index in [1.54, 1.807) is 0 Å². The van der Waals surface area contributed by atoms with Gasteiger partial charge >= 0.3 is 5.77 Å². The molecule has 0 aliphatic carbocycles. The van der Waals surface area contributed by atoms with Crippen LogP contribution < -0.4 is 0 Å². The fourth-order valence-electron chi connectivity index (χ4n) is 1.11. The highest BCUT2D eigenvalue weighted by Gasteiger charge is 2.23. The van der Waals surface area contributed by atoms with E-state index in [1.807, 2.05) is 18.7 Å². The molecule has 0 aromatic carbocycles. The second kappa shape index (κ2) is 12.0. The van der Waals surface area contributed by atoms with Gasteiger partial charge in [-0.15, -0.1) is 0 Å². The summed E-state index contributed by atoms with van der Waals surface area (Å²) in [4.78, 5) is 0. The molecule has 2 nitrogen and oxygen atoms in total. The van der Waals surface area contributed by atoms with Crippen LogP contribution in [-0.2, 0) is 9.09 Å². The molecule has 2 atom stereocenters. The third-order valence-electron chi connectivity index (χ3n) is 2.26. The Bertz CT molecular complexity index is 239. The molecule has 0 radical (unpaired) electrons. The minimum absolute atomic E-state index is 0.544. The first-order valence-electron chi connectivity index (χ1n) is 6.73. The highest BCUT2D eigenvalue weighted by molar-refractivity contribution is 8.89. The molecule has 18 heavy (non-hydrogen) atoms. The summed E-state index contributed by atoms with van der Waals surface area (Å²) in [5.41, 5.74) is 0. The van der Waals surface area contributed by atoms with Gasteiger partial charge in [0.25, 0.3) is 0 Å². The van der Waals surface area contributed by atoms with E-state index >= 15 is 0 Å². The van der Waals surface area contributed by atoms with E-state index in [4.69, 9.17) is 4.52 Å². The fraction of sp³-hybridized carbons (Fsp3) is 1.00. The van der Waals surface area contributed by atoms with Gasteiger partial charge in [-0.05, 0) is 31.9 Å². The Morgan fingerprint density at radius 1 is 1.11 bits per heavy atom. The molecule has 0 aromatic heterocycles. The van der Waals surface area contributed by atoms with Gasteiger partial charge in [0.1, 0.15) is 0 Å². The van der Waals surface area contributed by atoms with E-state index in [9.17, 15) is 4.57 Å². The fourth-order valence-corrected chi connectivity index (χ4v) is 9.28. The van der Waals surface area contributed by atoms with Crippen molar-refractivity contribution in [3.8, 4) is 0 Å². The lowest BCUT2D eigenvalue weighted by atomic mass is 10.4. The van der Waals surface area contributed by atoms with Gasteiger partial charge in [-0.25, -0.2) is 0 Å². The Hall–Kier alpha value is 1.24. The second-order valence-electron chi connectivity index (χ2n) is 3.97. The zero-order valence-corrected chi connectivity index (χ0v) is 15.4. The molecule has 1 unspecified atom stereocenters. The molecule has 0 aliphatic rings. The maximum Gasteiger partial charge on any atom is 0.313 e. The summed E-state index contributed by atoms with van der Waals surface area (Å²) in [6.45, 7) is 9.05. The lowest BCUT2D eigenvalue weighted by molar-refractivity contribution is 0.357. The zero-order valence-electron chi connectivity index (χ0n) is 12.0. The summed E-state index contributed by atoms with van der Waals surface area (Å²) >= 11 is 5.04. The van der Waals surface area contributed by atoms with Gasteiger partial charge in [-0.3, -0.25) is 4.57 Å². The van der Waals surface area contributed by atoms with Gasteiger partial charge in [-0.2, -0.15) is 11.8 Å². The van der Waals surface area contributed by atoms with E-state index in [1.165, 1.54) is 29.2 Å². The molecule has 0 N–H and O–H groups in total. The third kappa shape index (κ3) is 10.1. The molecular formula is C12H27O2PS3. The van der Waals surface area contributed by atoms with Crippen molar-refractivity contribution in [1.82, 2.24) is 0 Å². The minimum Gasteiger partial charge on any atom is -0.314 e. The molecule has 6 heteroatoms. The highest BCUT2D eigenvalue weighted by atomic mass is 33.1. The molecule has 0 saturated carbocycles. The maximum atomic E-state index is 12.4. The molecule has 0 bridgehead atoms. The summed E-state index contributed by atoms with van der Waals surface area (Å²) in [6, 6.07) is 0. The van der Waals surface area contributed by atoms with Gasteiger partial charge in [0.15, 0.2) is 0 Å². The highest BCUT2D eigenvalue weighted by Crippen LogP contribution is 2.69. The van der Waals surface area contributed by atoms with Gasteiger partial charge < -0.3 is 4.52 Å². The molecule has 0 saturated heterocycles. The molecule has 0 spiro atoms. The van der Waals surface area contributed by atoms with Crippen molar-refractivity contribution in [2.45, 2.75) is 52.2 Å². The number of hydrogen-bond donors (Lipinski definition) is 0. The molecule has 0 aliphatic heterocycles. The van der Waals surface area contributed by atoms with Crippen LogP contribution in [0.4, 0.5) is 0 Å². The van der Waals surface area contributed by atoms with Crippen LogP contribution in [0.5, 0.6) is 0 Å². The Morgan fingerprint density at radius 2 is 1.78 bits per heavy atom. The first-order chi connectivity index (χ1) is 8.58. The van der Waals surface area contributed by atoms with Crippen molar-refractivity contribution in [1.29, 1.82) is 0 Å². The van der Waals surface area contributed by atoms with Crippen LogP contribution >= 0.6 is 40.3 Å². The number of rotatable bonds is 12. The standard InChI is InChI=1S/C12H27O2PS3/c1-5-9-17-15(13,14-7-3)18-11-8-10-16-12(4)6-2/h12H,5-11H2,1-4H3/t12-,15?/m0/s1. The Kier molecular flexibility index (Phi) is 12.8. The van der Waals surface area contributed by atoms with Gasteiger partial charge in [0, 0.05) is 16.8 Å². The Morgan fingerprint density at radius 3 is 2.33 bits per heavy atom. The van der Waals surface area contributed by atoms with Crippen LogP contribution in [0.25, 0.3) is 0 Å². The van der Waals surface area contributed by atoms with Gasteiger partial charge in [0.05, 0.1) is 6.61 Å². The predicted octanol–water partition coefficient (Wildman–Crippen LogP) is 5.93. The lowest BCUT2D eigenvalue weighted by Gasteiger charge is -2.16. The van der Waals surface area contributed by atoms with E-state index < -0.39 is 5.77 Å². The molecule has 0 rings (SSSR count). The molecule has 0 heterocycles. The quantitative estimate of drug-likeness (QED) is 0.326. The lowest BCUT2D eigenvalue weighted by Crippen LogP contribution is -1.95. The van der Waals surface area contributed by atoms with Crippen molar-refractivity contribution in [2.75, 3.05) is 23.9 Å². The van der Waals surface area contributed by atoms with Crippen molar-refractivity contribution in [3.05, 3.63) is 0 Å². The summed E-state index contributed by atoms with van der Waals surface area (Å²) in [5.74, 6) is 0.541. The average molecular weight is 331 g/mol. The van der Waals surface area contributed by atoms with Gasteiger partial charge in [-0.1, -0.05) is 43.5 Å². The van der Waals surface area contributed by atoms with Crippen molar-refractivity contribution < 1.29 is 9.09 Å². The Balaban J connectivity index is 3.79. The Labute approximate surface area is 125 Å².